The third-order valence-corrected chi connectivity index (χ3v) is 4.48. The number of carbonyl (C=O) groups is 1. The molecule has 1 aliphatic heterocycles. The molecule has 0 saturated carbocycles. The van der Waals surface area contributed by atoms with Gasteiger partial charge in [-0.1, -0.05) is 29.8 Å². The highest BCUT2D eigenvalue weighted by atomic mass is 16.5. The van der Waals surface area contributed by atoms with E-state index in [9.17, 15) is 4.79 Å². The van der Waals surface area contributed by atoms with Crippen LogP contribution in [0.3, 0.4) is 0 Å². The molecule has 0 bridgehead atoms. The summed E-state index contributed by atoms with van der Waals surface area (Å²) < 4.78 is 4.98. The summed E-state index contributed by atoms with van der Waals surface area (Å²) in [7, 11) is 1.56. The Morgan fingerprint density at radius 3 is 2.91 bits per heavy atom. The lowest BCUT2D eigenvalue weighted by Crippen LogP contribution is -2.41. The van der Waals surface area contributed by atoms with Crippen LogP contribution in [0.15, 0.2) is 30.5 Å². The first-order chi connectivity index (χ1) is 11.2. The highest BCUT2D eigenvalue weighted by Crippen LogP contribution is 2.33. The average molecular weight is 313 g/mol. The van der Waals surface area contributed by atoms with Crippen molar-refractivity contribution in [3.8, 4) is 11.1 Å². The minimum Gasteiger partial charge on any atom is -0.375 e. The number of carbonyl (C=O) groups excluding carboxylic acids is 1. The van der Waals surface area contributed by atoms with E-state index in [1.54, 1.807) is 7.11 Å². The molecule has 122 valence electrons. The molecule has 23 heavy (non-hydrogen) atoms. The van der Waals surface area contributed by atoms with Crippen LogP contribution in [0.4, 0.5) is 0 Å². The Morgan fingerprint density at radius 1 is 1.39 bits per heavy atom. The predicted octanol–water partition coefficient (Wildman–Crippen LogP) is 2.74. The van der Waals surface area contributed by atoms with Gasteiger partial charge in [-0.15, -0.1) is 0 Å². The topological polar surface area (TPSA) is 58.2 Å². The average Bonchev–Trinajstić information content (AvgIpc) is 3.05. The molecule has 1 aliphatic rings. The van der Waals surface area contributed by atoms with E-state index < -0.39 is 0 Å². The van der Waals surface area contributed by atoms with Crippen molar-refractivity contribution in [1.29, 1.82) is 0 Å². The van der Waals surface area contributed by atoms with Gasteiger partial charge >= 0.3 is 0 Å². The molecular formula is C18H23N3O2. The maximum atomic E-state index is 12.1. The van der Waals surface area contributed by atoms with Gasteiger partial charge in [0.1, 0.15) is 6.61 Å². The van der Waals surface area contributed by atoms with E-state index in [2.05, 4.69) is 41.4 Å². The summed E-state index contributed by atoms with van der Waals surface area (Å²) in [6.07, 6.45) is 3.96. The van der Waals surface area contributed by atoms with Gasteiger partial charge < -0.3 is 9.64 Å². The first-order valence-corrected chi connectivity index (χ1v) is 8.06. The summed E-state index contributed by atoms with van der Waals surface area (Å²) in [5.41, 5.74) is 4.67. The van der Waals surface area contributed by atoms with Crippen molar-refractivity contribution >= 4 is 5.91 Å². The number of rotatable bonds is 4. The van der Waals surface area contributed by atoms with E-state index in [-0.39, 0.29) is 12.5 Å². The Kier molecular flexibility index (Phi) is 4.76. The van der Waals surface area contributed by atoms with Crippen molar-refractivity contribution in [3.05, 3.63) is 41.7 Å². The lowest BCUT2D eigenvalue weighted by atomic mass is 9.90. The van der Waals surface area contributed by atoms with Crippen molar-refractivity contribution < 1.29 is 9.53 Å². The number of likely N-dealkylation sites (tertiary alicyclic amines) is 1. The molecule has 1 atom stereocenters. The van der Waals surface area contributed by atoms with Gasteiger partial charge in [-0.25, -0.2) is 0 Å². The zero-order valence-corrected chi connectivity index (χ0v) is 13.7. The highest BCUT2D eigenvalue weighted by Gasteiger charge is 2.27. The summed E-state index contributed by atoms with van der Waals surface area (Å²) in [5.74, 6) is 0.358. The summed E-state index contributed by atoms with van der Waals surface area (Å²) in [6.45, 7) is 3.77. The molecule has 1 aromatic heterocycles. The van der Waals surface area contributed by atoms with E-state index in [4.69, 9.17) is 4.74 Å². The van der Waals surface area contributed by atoms with Crippen molar-refractivity contribution in [3.63, 3.8) is 0 Å². The first-order valence-electron chi connectivity index (χ1n) is 8.06. The molecular weight excluding hydrogens is 290 g/mol. The fraction of sp³-hybridized carbons (Fsp3) is 0.444. The Labute approximate surface area is 136 Å². The molecule has 1 unspecified atom stereocenters. The van der Waals surface area contributed by atoms with Gasteiger partial charge in [0.05, 0.1) is 6.20 Å². The van der Waals surface area contributed by atoms with Crippen molar-refractivity contribution in [2.45, 2.75) is 25.7 Å². The molecule has 1 N–H and O–H groups in total. The molecule has 2 heterocycles. The molecule has 0 aliphatic carbocycles. The second-order valence-electron chi connectivity index (χ2n) is 6.18. The van der Waals surface area contributed by atoms with Crippen molar-refractivity contribution in [2.75, 3.05) is 26.8 Å². The van der Waals surface area contributed by atoms with Gasteiger partial charge in [-0.3, -0.25) is 9.89 Å². The van der Waals surface area contributed by atoms with Gasteiger partial charge in [0.25, 0.3) is 0 Å². The number of methoxy groups -OCH3 is 1. The molecule has 1 saturated heterocycles. The lowest BCUT2D eigenvalue weighted by molar-refractivity contribution is -0.136. The van der Waals surface area contributed by atoms with E-state index in [0.29, 0.717) is 5.92 Å². The SMILES string of the molecule is COCC(=O)N1CCCC(c2[nH]ncc2-c2ccc(C)cc2)C1. The van der Waals surface area contributed by atoms with Crippen LogP contribution in [0.2, 0.25) is 0 Å². The molecule has 2 aromatic rings. The number of amides is 1. The van der Waals surface area contributed by atoms with Gasteiger partial charge in [-0.05, 0) is 25.3 Å². The number of aryl methyl sites for hydroxylation is 1. The maximum Gasteiger partial charge on any atom is 0.248 e. The van der Waals surface area contributed by atoms with E-state index in [0.717, 1.165) is 37.2 Å². The quantitative estimate of drug-likeness (QED) is 0.944. The molecule has 1 fully saturated rings. The van der Waals surface area contributed by atoms with Crippen molar-refractivity contribution in [1.82, 2.24) is 15.1 Å². The number of ether oxygens (including phenoxy) is 1. The fourth-order valence-electron chi connectivity index (χ4n) is 3.22. The maximum absolute atomic E-state index is 12.1. The molecule has 0 spiro atoms. The van der Waals surface area contributed by atoms with E-state index in [1.807, 2.05) is 11.1 Å². The normalized spacial score (nSPS) is 18.2. The number of aromatic nitrogens is 2. The number of nitrogens with one attached hydrogen (secondary N) is 1. The summed E-state index contributed by atoms with van der Waals surface area (Å²) in [6, 6.07) is 8.48. The second kappa shape index (κ2) is 6.96. The Hall–Kier alpha value is -2.14. The fourth-order valence-corrected chi connectivity index (χ4v) is 3.22. The van der Waals surface area contributed by atoms with Gasteiger partial charge in [0.15, 0.2) is 0 Å². The zero-order valence-electron chi connectivity index (χ0n) is 13.7. The molecule has 0 radical (unpaired) electrons. The number of H-pyrrole nitrogens is 1. The van der Waals surface area contributed by atoms with E-state index in [1.165, 1.54) is 11.1 Å². The Bertz CT molecular complexity index is 663. The lowest BCUT2D eigenvalue weighted by Gasteiger charge is -2.32. The van der Waals surface area contributed by atoms with Crippen LogP contribution in [-0.2, 0) is 9.53 Å². The first kappa shape index (κ1) is 15.7. The van der Waals surface area contributed by atoms with Gasteiger partial charge in [0, 0.05) is 37.4 Å². The van der Waals surface area contributed by atoms with Gasteiger partial charge in [0.2, 0.25) is 5.91 Å². The number of hydrogen-bond acceptors (Lipinski definition) is 3. The Balaban J connectivity index is 1.81. The van der Waals surface area contributed by atoms with Crippen LogP contribution in [0.5, 0.6) is 0 Å². The zero-order chi connectivity index (χ0) is 16.2. The standard InChI is InChI=1S/C18H23N3O2/c1-13-5-7-14(8-6-13)16-10-19-20-18(16)15-4-3-9-21(11-15)17(22)12-23-2/h5-8,10,15H,3-4,9,11-12H2,1-2H3,(H,19,20). The number of hydrogen-bond donors (Lipinski definition) is 1. The van der Waals surface area contributed by atoms with Gasteiger partial charge in [-0.2, -0.15) is 5.10 Å². The Morgan fingerprint density at radius 2 is 2.17 bits per heavy atom. The van der Waals surface area contributed by atoms with Crippen LogP contribution in [0.1, 0.15) is 30.0 Å². The second-order valence-corrected chi connectivity index (χ2v) is 6.18. The largest absolute Gasteiger partial charge is 0.375 e. The minimum absolute atomic E-state index is 0.0635. The summed E-state index contributed by atoms with van der Waals surface area (Å²) >= 11 is 0. The number of aromatic amines is 1. The van der Waals surface area contributed by atoms with Crippen LogP contribution in [-0.4, -0.2) is 47.8 Å². The van der Waals surface area contributed by atoms with Crippen LogP contribution >= 0.6 is 0 Å². The molecule has 1 aromatic carbocycles. The third-order valence-electron chi connectivity index (χ3n) is 4.48. The van der Waals surface area contributed by atoms with Crippen LogP contribution < -0.4 is 0 Å². The number of nitrogens with zero attached hydrogens (tertiary/aromatic N) is 2. The molecule has 5 nitrogen and oxygen atoms in total. The monoisotopic (exact) mass is 313 g/mol. The van der Waals surface area contributed by atoms with Crippen LogP contribution in [0.25, 0.3) is 11.1 Å². The molecule has 5 heteroatoms. The number of benzene rings is 1. The highest BCUT2D eigenvalue weighted by molar-refractivity contribution is 5.77. The minimum atomic E-state index is 0.0635. The molecule has 1 amide bonds. The van der Waals surface area contributed by atoms with E-state index >= 15 is 0 Å². The molecule has 3 rings (SSSR count). The summed E-state index contributed by atoms with van der Waals surface area (Å²) in [5, 5.41) is 7.41. The van der Waals surface area contributed by atoms with Crippen molar-refractivity contribution in [2.24, 2.45) is 0 Å². The third kappa shape index (κ3) is 3.45. The van der Waals surface area contributed by atoms with Crippen LogP contribution in [0, 0.1) is 6.92 Å². The smallest absolute Gasteiger partial charge is 0.248 e. The summed E-state index contributed by atoms with van der Waals surface area (Å²) in [4.78, 5) is 14.0. The predicted molar refractivity (Wildman–Crippen MR) is 89.2 cm³/mol. The number of piperidine rings is 1.